The van der Waals surface area contributed by atoms with E-state index in [1.54, 1.807) is 6.21 Å². The van der Waals surface area contributed by atoms with Gasteiger partial charge in [0.05, 0.1) is 11.3 Å². The van der Waals surface area contributed by atoms with Crippen molar-refractivity contribution < 1.29 is 0 Å². The van der Waals surface area contributed by atoms with Crippen molar-refractivity contribution in [2.24, 2.45) is 10.7 Å². The molecular weight excluding hydrogens is 274 g/mol. The molecule has 2 aromatic carbocycles. The van der Waals surface area contributed by atoms with Gasteiger partial charge in [-0.3, -0.25) is 9.79 Å². The van der Waals surface area contributed by atoms with Crippen LogP contribution in [0.1, 0.15) is 5.56 Å². The largest absolute Gasteiger partial charge is 0.404 e. The number of H-pyrrole nitrogens is 1. The van der Waals surface area contributed by atoms with E-state index in [1.807, 2.05) is 60.7 Å². The number of rotatable bonds is 3. The average molecular weight is 289 g/mol. The Labute approximate surface area is 127 Å². The van der Waals surface area contributed by atoms with Gasteiger partial charge in [0.25, 0.3) is 5.56 Å². The fourth-order valence-electron chi connectivity index (χ4n) is 2.22. The van der Waals surface area contributed by atoms with Crippen LogP contribution in [0.25, 0.3) is 16.5 Å². The van der Waals surface area contributed by atoms with E-state index in [-0.39, 0.29) is 5.56 Å². The fraction of sp³-hybridized carbons (Fsp3) is 0. The lowest BCUT2D eigenvalue weighted by atomic mass is 10.1. The lowest BCUT2D eigenvalue weighted by molar-refractivity contribution is 1.28. The highest BCUT2D eigenvalue weighted by atomic mass is 16.1. The Morgan fingerprint density at radius 3 is 2.55 bits per heavy atom. The number of aliphatic imine (C=N–C) groups is 1. The van der Waals surface area contributed by atoms with Crippen LogP contribution in [-0.4, -0.2) is 11.2 Å². The highest BCUT2D eigenvalue weighted by Crippen LogP contribution is 2.16. The number of nitrogens with two attached hydrogens (primary N) is 1. The zero-order chi connectivity index (χ0) is 15.4. The number of hydrogen-bond acceptors (Lipinski definition) is 3. The number of nitrogens with zero attached hydrogens (tertiary/aromatic N) is 1. The molecule has 0 aliphatic carbocycles. The van der Waals surface area contributed by atoms with E-state index in [0.29, 0.717) is 11.1 Å². The predicted molar refractivity (Wildman–Crippen MR) is 91.3 cm³/mol. The van der Waals surface area contributed by atoms with Crippen LogP contribution in [0.15, 0.2) is 76.7 Å². The molecule has 0 bridgehead atoms. The van der Waals surface area contributed by atoms with E-state index >= 15 is 0 Å². The van der Waals surface area contributed by atoms with Crippen LogP contribution in [0.2, 0.25) is 0 Å². The van der Waals surface area contributed by atoms with E-state index in [4.69, 9.17) is 5.73 Å². The van der Waals surface area contributed by atoms with Crippen molar-refractivity contribution in [1.82, 2.24) is 4.98 Å². The Morgan fingerprint density at radius 2 is 1.77 bits per heavy atom. The van der Waals surface area contributed by atoms with E-state index in [9.17, 15) is 4.79 Å². The summed E-state index contributed by atoms with van der Waals surface area (Å²) < 4.78 is 0. The van der Waals surface area contributed by atoms with Crippen molar-refractivity contribution in [3.05, 3.63) is 82.8 Å². The lowest BCUT2D eigenvalue weighted by Crippen LogP contribution is -2.12. The molecule has 108 valence electrons. The van der Waals surface area contributed by atoms with Gasteiger partial charge in [0.15, 0.2) is 0 Å². The van der Waals surface area contributed by atoms with Crippen molar-refractivity contribution in [1.29, 1.82) is 0 Å². The molecule has 0 amide bonds. The van der Waals surface area contributed by atoms with Gasteiger partial charge >= 0.3 is 0 Å². The number of para-hydroxylation sites is 2. The number of hydrogen-bond donors (Lipinski definition) is 2. The second-order valence-electron chi connectivity index (χ2n) is 4.82. The molecule has 3 aromatic rings. The number of nitrogens with one attached hydrogen (secondary N) is 1. The minimum atomic E-state index is -0.185. The number of allylic oxidation sites excluding steroid dienone is 1. The summed E-state index contributed by atoms with van der Waals surface area (Å²) in [5.74, 6) is 0. The van der Waals surface area contributed by atoms with E-state index in [1.165, 1.54) is 6.20 Å². The first kappa shape index (κ1) is 13.8. The van der Waals surface area contributed by atoms with Gasteiger partial charge in [-0.15, -0.1) is 0 Å². The second-order valence-corrected chi connectivity index (χ2v) is 4.82. The molecule has 3 rings (SSSR count). The summed E-state index contributed by atoms with van der Waals surface area (Å²) in [6.07, 6.45) is 3.00. The monoisotopic (exact) mass is 289 g/mol. The molecule has 4 heteroatoms. The average Bonchev–Trinajstić information content (AvgIpc) is 2.56. The number of aromatic nitrogens is 1. The van der Waals surface area contributed by atoms with Crippen molar-refractivity contribution >= 4 is 28.4 Å². The molecule has 22 heavy (non-hydrogen) atoms. The van der Waals surface area contributed by atoms with Gasteiger partial charge in [0.2, 0.25) is 0 Å². The van der Waals surface area contributed by atoms with Gasteiger partial charge in [-0.05, 0) is 29.7 Å². The minimum Gasteiger partial charge on any atom is -0.404 e. The third-order valence-electron chi connectivity index (χ3n) is 3.35. The molecule has 4 nitrogen and oxygen atoms in total. The minimum absolute atomic E-state index is 0.185. The molecule has 0 fully saturated rings. The maximum absolute atomic E-state index is 12.2. The lowest BCUT2D eigenvalue weighted by Gasteiger charge is -2.03. The smallest absolute Gasteiger partial charge is 0.256 e. The third kappa shape index (κ3) is 2.81. The Kier molecular flexibility index (Phi) is 3.83. The Hall–Kier alpha value is -3.14. The molecule has 3 N–H and O–H groups in total. The summed E-state index contributed by atoms with van der Waals surface area (Å²) in [5, 5.41) is 0.949. The van der Waals surface area contributed by atoms with Crippen molar-refractivity contribution in [2.75, 3.05) is 0 Å². The Morgan fingerprint density at radius 1 is 1.05 bits per heavy atom. The SMILES string of the molecule is NC=C(C=Nc1ccccc1)c1cc2ccccc2[nH]c1=O. The van der Waals surface area contributed by atoms with E-state index < -0.39 is 0 Å². The number of benzene rings is 2. The quantitative estimate of drug-likeness (QED) is 0.727. The molecule has 0 spiro atoms. The standard InChI is InChI=1S/C18H15N3O/c19-11-14(12-20-15-7-2-1-3-8-15)16-10-13-6-4-5-9-17(13)21-18(16)22/h1-12H,19H2,(H,21,22). The van der Waals surface area contributed by atoms with Crippen molar-refractivity contribution in [2.45, 2.75) is 0 Å². The number of fused-ring (bicyclic) bond motifs is 1. The fourth-order valence-corrected chi connectivity index (χ4v) is 2.22. The Bertz CT molecular complexity index is 908. The third-order valence-corrected chi connectivity index (χ3v) is 3.35. The summed E-state index contributed by atoms with van der Waals surface area (Å²) >= 11 is 0. The molecular formula is C18H15N3O. The Balaban J connectivity index is 2.03. The summed E-state index contributed by atoms with van der Waals surface area (Å²) in [6.45, 7) is 0. The molecule has 0 saturated carbocycles. The first-order valence-corrected chi connectivity index (χ1v) is 6.91. The normalized spacial score (nSPS) is 12.1. The second kappa shape index (κ2) is 6.10. The van der Waals surface area contributed by atoms with Gasteiger partial charge < -0.3 is 10.7 Å². The summed E-state index contributed by atoms with van der Waals surface area (Å²) in [6, 6.07) is 18.9. The molecule has 0 atom stereocenters. The topological polar surface area (TPSA) is 71.2 Å². The molecule has 1 aromatic heterocycles. The molecule has 0 radical (unpaired) electrons. The van der Waals surface area contributed by atoms with E-state index in [2.05, 4.69) is 9.98 Å². The highest BCUT2D eigenvalue weighted by molar-refractivity contribution is 6.11. The van der Waals surface area contributed by atoms with Crippen LogP contribution in [0.3, 0.4) is 0 Å². The van der Waals surface area contributed by atoms with E-state index in [0.717, 1.165) is 16.6 Å². The number of pyridine rings is 1. The maximum atomic E-state index is 12.2. The first-order valence-electron chi connectivity index (χ1n) is 6.91. The first-order chi connectivity index (χ1) is 10.8. The zero-order valence-corrected chi connectivity index (χ0v) is 11.9. The van der Waals surface area contributed by atoms with Gasteiger partial charge in [-0.25, -0.2) is 0 Å². The zero-order valence-electron chi connectivity index (χ0n) is 11.9. The van der Waals surface area contributed by atoms with Crippen LogP contribution in [0.4, 0.5) is 5.69 Å². The molecule has 1 heterocycles. The van der Waals surface area contributed by atoms with Crippen LogP contribution >= 0.6 is 0 Å². The molecule has 0 saturated heterocycles. The van der Waals surface area contributed by atoms with Gasteiger partial charge in [0, 0.05) is 23.5 Å². The highest BCUT2D eigenvalue weighted by Gasteiger charge is 2.06. The predicted octanol–water partition coefficient (Wildman–Crippen LogP) is 3.23. The maximum Gasteiger partial charge on any atom is 0.256 e. The summed E-state index contributed by atoms with van der Waals surface area (Å²) in [4.78, 5) is 19.4. The van der Waals surface area contributed by atoms with Crippen molar-refractivity contribution in [3.63, 3.8) is 0 Å². The van der Waals surface area contributed by atoms with Crippen LogP contribution < -0.4 is 11.3 Å². The summed E-state index contributed by atoms with van der Waals surface area (Å²) in [7, 11) is 0. The van der Waals surface area contributed by atoms with Gasteiger partial charge in [-0.1, -0.05) is 36.4 Å². The van der Waals surface area contributed by atoms with Gasteiger partial charge in [0.1, 0.15) is 0 Å². The summed E-state index contributed by atoms with van der Waals surface area (Å²) in [5.41, 5.74) is 8.17. The van der Waals surface area contributed by atoms with Crippen LogP contribution in [0, 0.1) is 0 Å². The van der Waals surface area contributed by atoms with Gasteiger partial charge in [-0.2, -0.15) is 0 Å². The number of aromatic amines is 1. The van der Waals surface area contributed by atoms with Crippen LogP contribution in [0.5, 0.6) is 0 Å². The molecule has 0 unspecified atom stereocenters. The molecule has 0 aliphatic heterocycles. The molecule has 0 aliphatic rings. The van der Waals surface area contributed by atoms with Crippen molar-refractivity contribution in [3.8, 4) is 0 Å². The van der Waals surface area contributed by atoms with Crippen LogP contribution in [-0.2, 0) is 0 Å².